The fraction of sp³-hybridized carbons (Fsp3) is 0.364. The quantitative estimate of drug-likeness (QED) is 0.905. The molecule has 2 aromatic rings. The average Bonchev–Trinajstić information content (AvgIpc) is 2.95. The van der Waals surface area contributed by atoms with Crippen LogP contribution in [0.15, 0.2) is 27.9 Å². The van der Waals surface area contributed by atoms with E-state index in [-0.39, 0.29) is 9.77 Å². The van der Waals surface area contributed by atoms with Crippen molar-refractivity contribution in [2.45, 2.75) is 17.7 Å². The van der Waals surface area contributed by atoms with Gasteiger partial charge < -0.3 is 4.98 Å². The number of nitrogens with one attached hydrogen (secondary N) is 1. The molecule has 0 atom stereocenters. The van der Waals surface area contributed by atoms with E-state index in [1.165, 1.54) is 4.31 Å². The summed E-state index contributed by atoms with van der Waals surface area (Å²) < 4.78 is 26.8. The van der Waals surface area contributed by atoms with Gasteiger partial charge in [-0.1, -0.05) is 11.3 Å². The van der Waals surface area contributed by atoms with Gasteiger partial charge in [0.15, 0.2) is 0 Å². The highest BCUT2D eigenvalue weighted by molar-refractivity contribution is 7.89. The lowest BCUT2D eigenvalue weighted by molar-refractivity contribution is 0.477. The Morgan fingerprint density at radius 3 is 2.67 bits per heavy atom. The van der Waals surface area contributed by atoms with E-state index in [0.717, 1.165) is 24.2 Å². The van der Waals surface area contributed by atoms with Crippen molar-refractivity contribution >= 4 is 31.6 Å². The first kappa shape index (κ1) is 11.9. The summed E-state index contributed by atoms with van der Waals surface area (Å²) >= 11 is 1.03. The maximum atomic E-state index is 12.3. The number of aromatic nitrogens is 1. The summed E-state index contributed by atoms with van der Waals surface area (Å²) in [7, 11) is -3.40. The molecule has 1 N–H and O–H groups in total. The molecule has 0 spiro atoms. The predicted octanol–water partition coefficient (Wildman–Crippen LogP) is 1.37. The van der Waals surface area contributed by atoms with E-state index in [1.54, 1.807) is 18.2 Å². The van der Waals surface area contributed by atoms with E-state index in [9.17, 15) is 13.2 Å². The van der Waals surface area contributed by atoms with Crippen LogP contribution in [0.2, 0.25) is 0 Å². The van der Waals surface area contributed by atoms with Gasteiger partial charge >= 0.3 is 4.87 Å². The Kier molecular flexibility index (Phi) is 2.76. The first-order valence-corrected chi connectivity index (χ1v) is 7.96. The molecular formula is C11H12N2O3S2. The van der Waals surface area contributed by atoms with Crippen LogP contribution in [0.1, 0.15) is 12.8 Å². The van der Waals surface area contributed by atoms with Crippen LogP contribution in [0.4, 0.5) is 0 Å². The Bertz CT molecular complexity index is 739. The predicted molar refractivity (Wildman–Crippen MR) is 70.4 cm³/mol. The number of aromatic amines is 1. The zero-order valence-electron chi connectivity index (χ0n) is 9.55. The summed E-state index contributed by atoms with van der Waals surface area (Å²) in [5.41, 5.74) is 0.686. The van der Waals surface area contributed by atoms with Crippen LogP contribution in [-0.2, 0) is 10.0 Å². The highest BCUT2D eigenvalue weighted by Gasteiger charge is 2.27. The number of fused-ring (bicyclic) bond motifs is 1. The minimum Gasteiger partial charge on any atom is -0.312 e. The largest absolute Gasteiger partial charge is 0.312 e. The average molecular weight is 284 g/mol. The van der Waals surface area contributed by atoms with Gasteiger partial charge in [0, 0.05) is 13.1 Å². The van der Waals surface area contributed by atoms with Gasteiger partial charge in [-0.05, 0) is 31.0 Å². The lowest BCUT2D eigenvalue weighted by atomic mass is 10.3. The molecule has 1 aromatic carbocycles. The van der Waals surface area contributed by atoms with Crippen LogP contribution in [0.25, 0.3) is 10.2 Å². The summed E-state index contributed by atoms with van der Waals surface area (Å²) in [4.78, 5) is 14.0. The van der Waals surface area contributed by atoms with Gasteiger partial charge in [-0.2, -0.15) is 4.31 Å². The number of sulfonamides is 1. The fourth-order valence-electron chi connectivity index (χ4n) is 2.16. The molecule has 0 bridgehead atoms. The topological polar surface area (TPSA) is 70.2 Å². The molecule has 1 aromatic heterocycles. The van der Waals surface area contributed by atoms with Gasteiger partial charge in [0.05, 0.1) is 15.1 Å². The Morgan fingerprint density at radius 2 is 1.94 bits per heavy atom. The Labute approximate surface area is 108 Å². The number of rotatable bonds is 2. The molecule has 1 fully saturated rings. The van der Waals surface area contributed by atoms with Crippen molar-refractivity contribution in [1.29, 1.82) is 0 Å². The van der Waals surface area contributed by atoms with Gasteiger partial charge in [0.1, 0.15) is 0 Å². The third-order valence-corrected chi connectivity index (χ3v) is 5.84. The summed E-state index contributed by atoms with van der Waals surface area (Å²) in [5.74, 6) is 0. The molecule has 0 saturated carbocycles. The minimum absolute atomic E-state index is 0.166. The number of thiazole rings is 1. The number of hydrogen-bond donors (Lipinski definition) is 1. The van der Waals surface area contributed by atoms with Crippen molar-refractivity contribution in [3.63, 3.8) is 0 Å². The molecule has 1 aliphatic heterocycles. The second-order valence-corrected chi connectivity index (χ2v) is 7.24. The van der Waals surface area contributed by atoms with Crippen LogP contribution in [0.5, 0.6) is 0 Å². The van der Waals surface area contributed by atoms with Crippen molar-refractivity contribution in [1.82, 2.24) is 9.29 Å². The minimum atomic E-state index is -3.40. The summed E-state index contributed by atoms with van der Waals surface area (Å²) in [5, 5.41) is 0. The molecule has 0 aliphatic carbocycles. The van der Waals surface area contributed by atoms with Crippen molar-refractivity contribution in [3.8, 4) is 0 Å². The normalized spacial score (nSPS) is 17.6. The van der Waals surface area contributed by atoms with Gasteiger partial charge in [0.25, 0.3) is 0 Å². The zero-order valence-corrected chi connectivity index (χ0v) is 11.2. The molecule has 18 heavy (non-hydrogen) atoms. The summed E-state index contributed by atoms with van der Waals surface area (Å²) in [6.45, 7) is 1.17. The third-order valence-electron chi connectivity index (χ3n) is 3.10. The van der Waals surface area contributed by atoms with Crippen LogP contribution >= 0.6 is 11.3 Å². The first-order valence-electron chi connectivity index (χ1n) is 5.70. The van der Waals surface area contributed by atoms with E-state index in [1.807, 2.05) is 0 Å². The van der Waals surface area contributed by atoms with Crippen molar-refractivity contribution in [2.75, 3.05) is 13.1 Å². The van der Waals surface area contributed by atoms with Crippen LogP contribution in [0.3, 0.4) is 0 Å². The number of benzene rings is 1. The standard InChI is InChI=1S/C11H12N2O3S2/c14-11-12-9-4-3-8(7-10(9)17-11)18(15,16)13-5-1-2-6-13/h3-4,7H,1-2,5-6H2,(H,12,14). The maximum absolute atomic E-state index is 12.3. The second-order valence-electron chi connectivity index (χ2n) is 4.28. The van der Waals surface area contributed by atoms with Crippen LogP contribution in [0, 0.1) is 0 Å². The Morgan fingerprint density at radius 1 is 1.22 bits per heavy atom. The second kappa shape index (κ2) is 4.18. The van der Waals surface area contributed by atoms with Crippen molar-refractivity contribution in [2.24, 2.45) is 0 Å². The van der Waals surface area contributed by atoms with Gasteiger partial charge in [-0.25, -0.2) is 8.42 Å². The molecular weight excluding hydrogens is 272 g/mol. The highest BCUT2D eigenvalue weighted by Crippen LogP contribution is 2.24. The SMILES string of the molecule is O=c1[nH]c2ccc(S(=O)(=O)N3CCCC3)cc2s1. The molecule has 5 nitrogen and oxygen atoms in total. The van der Waals surface area contributed by atoms with E-state index < -0.39 is 10.0 Å². The molecule has 2 heterocycles. The Hall–Kier alpha value is -1.18. The zero-order chi connectivity index (χ0) is 12.8. The molecule has 0 unspecified atom stereocenters. The molecule has 7 heteroatoms. The summed E-state index contributed by atoms with van der Waals surface area (Å²) in [6, 6.07) is 4.78. The highest BCUT2D eigenvalue weighted by atomic mass is 32.2. The van der Waals surface area contributed by atoms with E-state index in [2.05, 4.69) is 4.98 Å². The number of nitrogens with zero attached hydrogens (tertiary/aromatic N) is 1. The molecule has 3 rings (SSSR count). The lowest BCUT2D eigenvalue weighted by Crippen LogP contribution is -2.27. The fourth-order valence-corrected chi connectivity index (χ4v) is 4.56. The molecule has 0 amide bonds. The molecule has 1 saturated heterocycles. The first-order chi connectivity index (χ1) is 8.57. The van der Waals surface area contributed by atoms with E-state index >= 15 is 0 Å². The maximum Gasteiger partial charge on any atom is 0.305 e. The molecule has 96 valence electrons. The van der Waals surface area contributed by atoms with Gasteiger partial charge in [-0.3, -0.25) is 4.79 Å². The van der Waals surface area contributed by atoms with Crippen LogP contribution < -0.4 is 4.87 Å². The number of hydrogen-bond acceptors (Lipinski definition) is 4. The third kappa shape index (κ3) is 1.88. The molecule has 0 radical (unpaired) electrons. The number of H-pyrrole nitrogens is 1. The summed E-state index contributed by atoms with van der Waals surface area (Å²) in [6.07, 6.45) is 1.83. The van der Waals surface area contributed by atoms with E-state index in [0.29, 0.717) is 23.3 Å². The van der Waals surface area contributed by atoms with Crippen LogP contribution in [-0.4, -0.2) is 30.8 Å². The molecule has 1 aliphatic rings. The smallest absolute Gasteiger partial charge is 0.305 e. The lowest BCUT2D eigenvalue weighted by Gasteiger charge is -2.15. The van der Waals surface area contributed by atoms with Gasteiger partial charge in [0.2, 0.25) is 10.0 Å². The monoisotopic (exact) mass is 284 g/mol. The Balaban J connectivity index is 2.10. The van der Waals surface area contributed by atoms with E-state index in [4.69, 9.17) is 0 Å². The van der Waals surface area contributed by atoms with Crippen molar-refractivity contribution in [3.05, 3.63) is 27.9 Å². The van der Waals surface area contributed by atoms with Crippen molar-refractivity contribution < 1.29 is 8.42 Å². The van der Waals surface area contributed by atoms with Gasteiger partial charge in [-0.15, -0.1) is 0 Å².